The molecular weight excluding hydrogens is 210 g/mol. The van der Waals surface area contributed by atoms with E-state index in [1.807, 2.05) is 26.0 Å². The Bertz CT molecular complexity index is 393. The molecule has 17 heavy (non-hydrogen) atoms. The Labute approximate surface area is 104 Å². The van der Waals surface area contributed by atoms with Crippen molar-refractivity contribution >= 4 is 5.91 Å². The highest BCUT2D eigenvalue weighted by atomic mass is 16.1. The summed E-state index contributed by atoms with van der Waals surface area (Å²) in [5.41, 5.74) is 3.36. The highest BCUT2D eigenvalue weighted by Gasteiger charge is 2.23. The van der Waals surface area contributed by atoms with Crippen molar-refractivity contribution in [3.05, 3.63) is 47.7 Å². The third-order valence-electron chi connectivity index (χ3n) is 2.87. The van der Waals surface area contributed by atoms with Gasteiger partial charge in [0.25, 0.3) is 0 Å². The lowest BCUT2D eigenvalue weighted by molar-refractivity contribution is -0.121. The van der Waals surface area contributed by atoms with Gasteiger partial charge in [0, 0.05) is 12.1 Å². The average molecular weight is 231 g/mol. The molecule has 92 valence electrons. The summed E-state index contributed by atoms with van der Waals surface area (Å²) in [6.07, 6.45) is 1.43. The fourth-order valence-electron chi connectivity index (χ4n) is 2.16. The maximum Gasteiger partial charge on any atom is 0.224 e. The van der Waals surface area contributed by atoms with E-state index in [1.165, 1.54) is 11.1 Å². The molecule has 1 aromatic carbocycles. The topological polar surface area (TPSA) is 29.1 Å². The lowest BCUT2D eigenvalue weighted by Gasteiger charge is -2.25. The maximum atomic E-state index is 11.4. The molecule has 1 fully saturated rings. The predicted octanol–water partition coefficient (Wildman–Crippen LogP) is 3.53. The van der Waals surface area contributed by atoms with E-state index >= 15 is 0 Å². The van der Waals surface area contributed by atoms with Crippen LogP contribution in [0.3, 0.4) is 0 Å². The zero-order valence-corrected chi connectivity index (χ0v) is 10.9. The summed E-state index contributed by atoms with van der Waals surface area (Å²) < 4.78 is 0. The minimum Gasteiger partial charge on any atom is -0.330 e. The third-order valence-corrected chi connectivity index (χ3v) is 2.87. The third kappa shape index (κ3) is 3.45. The lowest BCUT2D eigenvalue weighted by Crippen LogP contribution is -2.30. The Morgan fingerprint density at radius 2 is 1.88 bits per heavy atom. The Balaban J connectivity index is 0.000000686. The number of carbonyl (C=O) groups is 1. The molecule has 2 heteroatoms. The first-order valence-electron chi connectivity index (χ1n) is 6.20. The number of rotatable bonds is 1. The Hall–Kier alpha value is -1.57. The monoisotopic (exact) mass is 231 g/mol. The van der Waals surface area contributed by atoms with Gasteiger partial charge >= 0.3 is 0 Å². The summed E-state index contributed by atoms with van der Waals surface area (Å²) in [7, 11) is 0. The molecule has 0 spiro atoms. The van der Waals surface area contributed by atoms with Gasteiger partial charge in [0.05, 0.1) is 0 Å². The normalized spacial score (nSPS) is 19.1. The number of benzene rings is 1. The smallest absolute Gasteiger partial charge is 0.224 e. The van der Waals surface area contributed by atoms with Gasteiger partial charge < -0.3 is 5.32 Å². The van der Waals surface area contributed by atoms with Gasteiger partial charge in [0.2, 0.25) is 5.91 Å². The van der Waals surface area contributed by atoms with Crippen LogP contribution in [0.5, 0.6) is 0 Å². The molecule has 1 aliphatic rings. The molecule has 1 amide bonds. The Morgan fingerprint density at radius 3 is 2.47 bits per heavy atom. The van der Waals surface area contributed by atoms with E-state index in [1.54, 1.807) is 0 Å². The molecule has 1 aliphatic heterocycles. The summed E-state index contributed by atoms with van der Waals surface area (Å²) in [5.74, 6) is 0.381. The molecule has 0 saturated carbocycles. The number of hydrogen-bond donors (Lipinski definition) is 1. The fraction of sp³-hybridized carbons (Fsp3) is 0.400. The molecule has 2 rings (SSSR count). The standard InChI is InChI=1S/C13H15NO.C2H6/c1-9-5-3-4-6-12(9)11-7-10(2)14-13(15)8-11;1-2/h3-6,11H,2,7-8H2,1H3,(H,14,15);1-2H3. The van der Waals surface area contributed by atoms with Gasteiger partial charge in [-0.3, -0.25) is 4.79 Å². The minimum atomic E-state index is 0.0829. The van der Waals surface area contributed by atoms with Crippen molar-refractivity contribution in [3.63, 3.8) is 0 Å². The number of nitrogens with one attached hydrogen (secondary N) is 1. The number of hydrogen-bond acceptors (Lipinski definition) is 1. The molecule has 0 aliphatic carbocycles. The van der Waals surface area contributed by atoms with Crippen molar-refractivity contribution in [2.75, 3.05) is 0 Å². The molecule has 0 radical (unpaired) electrons. The number of piperidine rings is 1. The minimum absolute atomic E-state index is 0.0829. The van der Waals surface area contributed by atoms with Crippen LogP contribution < -0.4 is 5.32 Å². The van der Waals surface area contributed by atoms with Crippen molar-refractivity contribution < 1.29 is 4.79 Å². The molecule has 1 aromatic rings. The molecule has 1 heterocycles. The van der Waals surface area contributed by atoms with Crippen LogP contribution in [0.15, 0.2) is 36.5 Å². The number of amides is 1. The van der Waals surface area contributed by atoms with Crippen LogP contribution in [0.25, 0.3) is 0 Å². The van der Waals surface area contributed by atoms with Crippen LogP contribution >= 0.6 is 0 Å². The first kappa shape index (κ1) is 13.5. The van der Waals surface area contributed by atoms with Crippen molar-refractivity contribution in [2.24, 2.45) is 0 Å². The van der Waals surface area contributed by atoms with Crippen LogP contribution in [0.2, 0.25) is 0 Å². The molecule has 2 nitrogen and oxygen atoms in total. The van der Waals surface area contributed by atoms with Gasteiger partial charge in [-0.05, 0) is 30.4 Å². The van der Waals surface area contributed by atoms with E-state index in [2.05, 4.69) is 31.0 Å². The molecule has 1 saturated heterocycles. The summed E-state index contributed by atoms with van der Waals surface area (Å²) >= 11 is 0. The fourth-order valence-corrected chi connectivity index (χ4v) is 2.16. The van der Waals surface area contributed by atoms with Crippen LogP contribution in [0, 0.1) is 6.92 Å². The second-order valence-electron chi connectivity index (χ2n) is 4.11. The van der Waals surface area contributed by atoms with E-state index in [9.17, 15) is 4.79 Å². The number of allylic oxidation sites excluding steroid dienone is 1. The quantitative estimate of drug-likeness (QED) is 0.787. The predicted molar refractivity (Wildman–Crippen MR) is 71.8 cm³/mol. The van der Waals surface area contributed by atoms with Crippen LogP contribution in [0.4, 0.5) is 0 Å². The number of aryl methyl sites for hydroxylation is 1. The highest BCUT2D eigenvalue weighted by molar-refractivity contribution is 5.80. The van der Waals surface area contributed by atoms with Crippen molar-refractivity contribution in [1.82, 2.24) is 5.32 Å². The number of carbonyl (C=O) groups excluding carboxylic acids is 1. The van der Waals surface area contributed by atoms with E-state index in [0.717, 1.165) is 12.1 Å². The van der Waals surface area contributed by atoms with Gasteiger partial charge in [0.15, 0.2) is 0 Å². The van der Waals surface area contributed by atoms with Crippen LogP contribution in [-0.2, 0) is 4.79 Å². The zero-order chi connectivity index (χ0) is 12.8. The Kier molecular flexibility index (Phi) is 4.95. The van der Waals surface area contributed by atoms with Crippen LogP contribution in [0.1, 0.15) is 43.7 Å². The van der Waals surface area contributed by atoms with Gasteiger partial charge in [-0.15, -0.1) is 0 Å². The molecule has 0 aromatic heterocycles. The summed E-state index contributed by atoms with van der Waals surface area (Å²) in [6, 6.07) is 8.24. The van der Waals surface area contributed by atoms with Gasteiger partial charge in [0.1, 0.15) is 0 Å². The van der Waals surface area contributed by atoms with Gasteiger partial charge in [-0.25, -0.2) is 0 Å². The van der Waals surface area contributed by atoms with E-state index in [4.69, 9.17) is 0 Å². The average Bonchev–Trinajstić information content (AvgIpc) is 2.31. The zero-order valence-electron chi connectivity index (χ0n) is 10.9. The van der Waals surface area contributed by atoms with Crippen molar-refractivity contribution in [1.29, 1.82) is 0 Å². The molecular formula is C15H21NO. The van der Waals surface area contributed by atoms with Crippen molar-refractivity contribution in [2.45, 2.75) is 39.5 Å². The second kappa shape index (κ2) is 6.24. The van der Waals surface area contributed by atoms with E-state index in [0.29, 0.717) is 12.3 Å². The largest absolute Gasteiger partial charge is 0.330 e. The van der Waals surface area contributed by atoms with E-state index < -0.39 is 0 Å². The molecule has 1 unspecified atom stereocenters. The van der Waals surface area contributed by atoms with Crippen LogP contribution in [-0.4, -0.2) is 5.91 Å². The SMILES string of the molecule is C=C1CC(c2ccccc2C)CC(=O)N1.CC. The summed E-state index contributed by atoms with van der Waals surface area (Å²) in [6.45, 7) is 9.93. The van der Waals surface area contributed by atoms with Gasteiger partial charge in [-0.2, -0.15) is 0 Å². The maximum absolute atomic E-state index is 11.4. The molecule has 1 N–H and O–H groups in total. The van der Waals surface area contributed by atoms with Gasteiger partial charge in [-0.1, -0.05) is 44.7 Å². The molecule has 0 bridgehead atoms. The second-order valence-corrected chi connectivity index (χ2v) is 4.11. The first-order chi connectivity index (χ1) is 8.16. The first-order valence-corrected chi connectivity index (χ1v) is 6.20. The Morgan fingerprint density at radius 1 is 1.24 bits per heavy atom. The summed E-state index contributed by atoms with van der Waals surface area (Å²) in [5, 5.41) is 2.77. The highest BCUT2D eigenvalue weighted by Crippen LogP contribution is 2.30. The summed E-state index contributed by atoms with van der Waals surface area (Å²) in [4.78, 5) is 11.4. The van der Waals surface area contributed by atoms with E-state index in [-0.39, 0.29) is 5.91 Å². The van der Waals surface area contributed by atoms with Crippen molar-refractivity contribution in [3.8, 4) is 0 Å². The molecule has 1 atom stereocenters. The lowest BCUT2D eigenvalue weighted by atomic mass is 9.86.